The lowest BCUT2D eigenvalue weighted by Crippen LogP contribution is -2.53. The molecule has 1 saturated carbocycles. The first-order chi connectivity index (χ1) is 18.8. The molecule has 0 spiro atoms. The van der Waals surface area contributed by atoms with Gasteiger partial charge in [-0.05, 0) is 51.2 Å². The van der Waals surface area contributed by atoms with E-state index in [9.17, 15) is 13.2 Å². The van der Waals surface area contributed by atoms with E-state index >= 15 is 0 Å². The van der Waals surface area contributed by atoms with Crippen LogP contribution in [0.15, 0.2) is 36.7 Å². The highest BCUT2D eigenvalue weighted by Crippen LogP contribution is 2.29. The van der Waals surface area contributed by atoms with Gasteiger partial charge in [-0.1, -0.05) is 6.07 Å². The number of piperazine rings is 1. The Morgan fingerprint density at radius 1 is 1.21 bits per heavy atom. The third kappa shape index (κ3) is 6.85. The van der Waals surface area contributed by atoms with E-state index in [1.165, 1.54) is 6.26 Å². The van der Waals surface area contributed by atoms with Crippen molar-refractivity contribution in [3.8, 4) is 11.6 Å². The summed E-state index contributed by atoms with van der Waals surface area (Å²) >= 11 is 0. The molecule has 3 heterocycles. The molecule has 1 saturated heterocycles. The summed E-state index contributed by atoms with van der Waals surface area (Å²) in [6, 6.07) is 8.05. The van der Waals surface area contributed by atoms with Gasteiger partial charge < -0.3 is 20.3 Å². The minimum absolute atomic E-state index is 0.0896. The number of aromatic nitrogens is 4. The molecule has 1 atom stereocenters. The van der Waals surface area contributed by atoms with Crippen LogP contribution < -0.4 is 15.4 Å². The number of amides is 1. The molecule has 0 bridgehead atoms. The summed E-state index contributed by atoms with van der Waals surface area (Å²) < 4.78 is 30.4. The summed E-state index contributed by atoms with van der Waals surface area (Å²) in [5, 5.41) is 12.2. The number of hydrogen-bond donors (Lipinski definition) is 2. The zero-order valence-corrected chi connectivity index (χ0v) is 23.4. The van der Waals surface area contributed by atoms with E-state index in [2.05, 4.69) is 27.6 Å². The predicted octanol–water partition coefficient (Wildman–Crippen LogP) is 2.42. The van der Waals surface area contributed by atoms with Crippen molar-refractivity contribution in [2.45, 2.75) is 51.1 Å². The molecule has 39 heavy (non-hydrogen) atoms. The minimum atomic E-state index is -3.02. The lowest BCUT2D eigenvalue weighted by atomic mass is 9.85. The molecule has 2 aliphatic rings. The number of carbonyl (C=O) groups is 1. The Morgan fingerprint density at radius 2 is 2.03 bits per heavy atom. The van der Waals surface area contributed by atoms with Crippen molar-refractivity contribution < 1.29 is 17.9 Å². The van der Waals surface area contributed by atoms with E-state index in [0.717, 1.165) is 56.2 Å². The van der Waals surface area contributed by atoms with Gasteiger partial charge in [0.05, 0.1) is 29.5 Å². The second-order valence-electron chi connectivity index (χ2n) is 10.6. The minimum Gasteiger partial charge on any atom is -0.493 e. The van der Waals surface area contributed by atoms with Gasteiger partial charge in [0.15, 0.2) is 5.82 Å². The van der Waals surface area contributed by atoms with Gasteiger partial charge in [-0.2, -0.15) is 10.1 Å². The molecule has 12 heteroatoms. The van der Waals surface area contributed by atoms with Crippen molar-refractivity contribution in [2.24, 2.45) is 5.92 Å². The lowest BCUT2D eigenvalue weighted by Gasteiger charge is -2.36. The van der Waals surface area contributed by atoms with Crippen LogP contribution in [0.1, 0.15) is 39.0 Å². The molecule has 11 nitrogen and oxygen atoms in total. The highest BCUT2D eigenvalue weighted by atomic mass is 32.2. The summed E-state index contributed by atoms with van der Waals surface area (Å²) in [6.45, 7) is 4.87. The third-order valence-corrected chi connectivity index (χ3v) is 8.47. The van der Waals surface area contributed by atoms with Gasteiger partial charge in [0, 0.05) is 56.2 Å². The standard InChI is InChI=1S/C27H37N7O4S/c1-19-18-33(14-13-28-19)26(35)20-7-9-21(10-8-20)31-27-29-12-11-25(32-27)34-23-5-3-6-24(22(23)17-30-34)38-15-4-16-39(2,36)37/h3,5-6,11-12,17,19-21,28H,4,7-10,13-16,18H2,1-2H3,(H,29,31,32)/t19-,20-,21-/m0/s1. The van der Waals surface area contributed by atoms with Crippen LogP contribution in [0.5, 0.6) is 5.75 Å². The smallest absolute Gasteiger partial charge is 0.225 e. The average Bonchev–Trinajstić information content (AvgIpc) is 3.36. The number of nitrogens with one attached hydrogen (secondary N) is 2. The fourth-order valence-corrected chi connectivity index (χ4v) is 6.07. The van der Waals surface area contributed by atoms with Gasteiger partial charge in [-0.25, -0.2) is 18.1 Å². The maximum Gasteiger partial charge on any atom is 0.225 e. The maximum absolute atomic E-state index is 13.0. The Bertz CT molecular complexity index is 1400. The predicted molar refractivity (Wildman–Crippen MR) is 150 cm³/mol. The number of sulfone groups is 1. The van der Waals surface area contributed by atoms with Crippen molar-refractivity contribution in [3.05, 3.63) is 36.7 Å². The van der Waals surface area contributed by atoms with Crippen molar-refractivity contribution in [1.29, 1.82) is 0 Å². The lowest BCUT2D eigenvalue weighted by molar-refractivity contribution is -0.137. The fourth-order valence-electron chi connectivity index (χ4n) is 5.43. The van der Waals surface area contributed by atoms with Gasteiger partial charge in [0.1, 0.15) is 15.6 Å². The molecule has 0 unspecified atom stereocenters. The van der Waals surface area contributed by atoms with E-state index in [-0.39, 0.29) is 17.7 Å². The number of rotatable bonds is 9. The molecule has 2 N–H and O–H groups in total. The molecule has 0 radical (unpaired) electrons. The Labute approximate surface area is 229 Å². The van der Waals surface area contributed by atoms with E-state index in [1.54, 1.807) is 23.1 Å². The van der Waals surface area contributed by atoms with Crippen LogP contribution in [-0.4, -0.2) is 89.3 Å². The first kappa shape index (κ1) is 27.3. The Balaban J connectivity index is 1.20. The number of fused-ring (bicyclic) bond motifs is 1. The Hall–Kier alpha value is -3.25. The van der Waals surface area contributed by atoms with Crippen molar-refractivity contribution in [3.63, 3.8) is 0 Å². The quantitative estimate of drug-likeness (QED) is 0.382. The summed E-state index contributed by atoms with van der Waals surface area (Å²) in [5.74, 6) is 2.31. The summed E-state index contributed by atoms with van der Waals surface area (Å²) in [5.41, 5.74) is 0.835. The second kappa shape index (κ2) is 11.9. The van der Waals surface area contributed by atoms with Gasteiger partial charge in [-0.15, -0.1) is 0 Å². The molecular formula is C27H37N7O4S. The molecule has 2 fully saturated rings. The van der Waals surface area contributed by atoms with Crippen LogP contribution in [-0.2, 0) is 14.6 Å². The van der Waals surface area contributed by atoms with E-state index < -0.39 is 9.84 Å². The topological polar surface area (TPSA) is 131 Å². The van der Waals surface area contributed by atoms with Crippen LogP contribution >= 0.6 is 0 Å². The van der Waals surface area contributed by atoms with Crippen molar-refractivity contribution in [2.75, 3.05) is 43.6 Å². The maximum atomic E-state index is 13.0. The Morgan fingerprint density at radius 3 is 2.79 bits per heavy atom. The van der Waals surface area contributed by atoms with Crippen LogP contribution in [0.4, 0.5) is 5.95 Å². The number of benzene rings is 1. The zero-order valence-electron chi connectivity index (χ0n) is 22.5. The third-order valence-electron chi connectivity index (χ3n) is 7.44. The first-order valence-electron chi connectivity index (χ1n) is 13.7. The SMILES string of the molecule is C[C@H]1CN(C(=O)[C@H]2CC[C@H](Nc3nccc(-n4ncc5c(OCCCS(C)(=O)=O)cccc54)n3)CC2)CCN1. The number of anilines is 1. The van der Waals surface area contributed by atoms with E-state index in [4.69, 9.17) is 9.72 Å². The second-order valence-corrected chi connectivity index (χ2v) is 12.9. The molecular weight excluding hydrogens is 518 g/mol. The Kier molecular flexibility index (Phi) is 8.31. The van der Waals surface area contributed by atoms with Crippen LogP contribution in [0, 0.1) is 5.92 Å². The van der Waals surface area contributed by atoms with Crippen LogP contribution in [0.2, 0.25) is 0 Å². The normalized spacial score (nSPS) is 22.1. The first-order valence-corrected chi connectivity index (χ1v) is 15.7. The van der Waals surface area contributed by atoms with Gasteiger partial charge in [0.2, 0.25) is 11.9 Å². The molecule has 1 amide bonds. The molecule has 210 valence electrons. The van der Waals surface area contributed by atoms with Gasteiger partial charge in [-0.3, -0.25) is 4.79 Å². The summed E-state index contributed by atoms with van der Waals surface area (Å²) in [7, 11) is -3.02. The number of ether oxygens (including phenoxy) is 1. The largest absolute Gasteiger partial charge is 0.493 e. The number of nitrogens with zero attached hydrogens (tertiary/aromatic N) is 5. The molecule has 5 rings (SSSR count). The average molecular weight is 556 g/mol. The molecule has 2 aromatic heterocycles. The van der Waals surface area contributed by atoms with Crippen molar-refractivity contribution in [1.82, 2.24) is 30.0 Å². The zero-order chi connectivity index (χ0) is 27.4. The number of carbonyl (C=O) groups excluding carboxylic acids is 1. The van der Waals surface area contributed by atoms with E-state index in [0.29, 0.717) is 42.5 Å². The van der Waals surface area contributed by atoms with E-state index in [1.807, 2.05) is 23.1 Å². The number of hydrogen-bond acceptors (Lipinski definition) is 9. The van der Waals surface area contributed by atoms with Crippen molar-refractivity contribution >= 4 is 32.6 Å². The van der Waals surface area contributed by atoms with Gasteiger partial charge in [0.25, 0.3) is 0 Å². The molecule has 1 aliphatic carbocycles. The monoisotopic (exact) mass is 555 g/mol. The highest BCUT2D eigenvalue weighted by Gasteiger charge is 2.31. The molecule has 1 aromatic carbocycles. The van der Waals surface area contributed by atoms with Crippen LogP contribution in [0.25, 0.3) is 16.7 Å². The fraction of sp³-hybridized carbons (Fsp3) is 0.556. The molecule has 3 aromatic rings. The summed E-state index contributed by atoms with van der Waals surface area (Å²) in [6.07, 6.45) is 8.63. The highest BCUT2D eigenvalue weighted by molar-refractivity contribution is 7.90. The molecule has 1 aliphatic heterocycles. The summed E-state index contributed by atoms with van der Waals surface area (Å²) in [4.78, 5) is 24.2. The van der Waals surface area contributed by atoms with Gasteiger partial charge >= 0.3 is 0 Å². The van der Waals surface area contributed by atoms with Crippen LogP contribution in [0.3, 0.4) is 0 Å².